The Morgan fingerprint density at radius 3 is 2.80 bits per heavy atom. The average Bonchev–Trinajstić information content (AvgIpc) is 3.07. The van der Waals surface area contributed by atoms with Gasteiger partial charge in [0.2, 0.25) is 0 Å². The second kappa shape index (κ2) is 7.92. The third-order valence-electron chi connectivity index (χ3n) is 3.25. The summed E-state index contributed by atoms with van der Waals surface area (Å²) in [5, 5.41) is 6.86. The van der Waals surface area contributed by atoms with Crippen LogP contribution in [0.3, 0.4) is 0 Å². The summed E-state index contributed by atoms with van der Waals surface area (Å²) < 4.78 is 0.882. The lowest BCUT2D eigenvalue weighted by Crippen LogP contribution is -2.13. The van der Waals surface area contributed by atoms with Gasteiger partial charge in [-0.25, -0.2) is 9.97 Å². The fourth-order valence-corrected chi connectivity index (χ4v) is 3.24. The van der Waals surface area contributed by atoms with E-state index in [1.807, 2.05) is 18.2 Å². The summed E-state index contributed by atoms with van der Waals surface area (Å²) in [6, 6.07) is 8.99. The Hall–Kier alpha value is -2.00. The van der Waals surface area contributed by atoms with E-state index in [2.05, 4.69) is 36.5 Å². The molecule has 2 aromatic heterocycles. The van der Waals surface area contributed by atoms with Crippen LogP contribution in [0.5, 0.6) is 0 Å². The molecule has 0 spiro atoms. The number of carbonyl (C=O) groups excluding carboxylic acids is 1. The highest BCUT2D eigenvalue weighted by atomic mass is 79.9. The molecule has 0 aliphatic rings. The Morgan fingerprint density at radius 2 is 2.08 bits per heavy atom. The fourth-order valence-electron chi connectivity index (χ4n) is 2.05. The number of thiazole rings is 1. The molecule has 0 saturated carbocycles. The van der Waals surface area contributed by atoms with Gasteiger partial charge in [0.05, 0.1) is 16.9 Å². The van der Waals surface area contributed by atoms with Gasteiger partial charge in [0.15, 0.2) is 5.13 Å². The predicted octanol–water partition coefficient (Wildman–Crippen LogP) is 4.41. The summed E-state index contributed by atoms with van der Waals surface area (Å²) in [7, 11) is 0. The first-order chi connectivity index (χ1) is 12.1. The van der Waals surface area contributed by atoms with Crippen molar-refractivity contribution in [3.05, 3.63) is 62.7 Å². The molecule has 3 aromatic rings. The number of nitrogens with two attached hydrogens (primary N) is 1. The van der Waals surface area contributed by atoms with Crippen molar-refractivity contribution in [2.45, 2.75) is 6.54 Å². The zero-order chi connectivity index (χ0) is 17.8. The van der Waals surface area contributed by atoms with Gasteiger partial charge < -0.3 is 16.4 Å². The van der Waals surface area contributed by atoms with Crippen LogP contribution < -0.4 is 16.4 Å². The number of carbonyl (C=O) groups is 1. The van der Waals surface area contributed by atoms with Gasteiger partial charge in [-0.05, 0) is 39.7 Å². The van der Waals surface area contributed by atoms with Crippen molar-refractivity contribution in [3.8, 4) is 0 Å². The lowest BCUT2D eigenvalue weighted by atomic mass is 10.1. The average molecular weight is 439 g/mol. The summed E-state index contributed by atoms with van der Waals surface area (Å²) >= 11 is 10.7. The topological polar surface area (TPSA) is 92.9 Å². The van der Waals surface area contributed by atoms with E-state index in [4.69, 9.17) is 17.3 Å². The molecule has 0 radical (unpaired) electrons. The number of pyridine rings is 1. The van der Waals surface area contributed by atoms with Gasteiger partial charge in [0.25, 0.3) is 5.91 Å². The molecular weight excluding hydrogens is 426 g/mol. The number of nitrogens with one attached hydrogen (secondary N) is 2. The molecule has 128 valence electrons. The molecule has 4 N–H and O–H groups in total. The monoisotopic (exact) mass is 437 g/mol. The Kier molecular flexibility index (Phi) is 5.64. The maximum atomic E-state index is 12.5. The number of anilines is 3. The van der Waals surface area contributed by atoms with E-state index in [-0.39, 0.29) is 12.5 Å². The Morgan fingerprint density at radius 1 is 1.24 bits per heavy atom. The first kappa shape index (κ1) is 17.8. The maximum absolute atomic E-state index is 12.5. The second-order valence-corrected chi connectivity index (χ2v) is 7.30. The van der Waals surface area contributed by atoms with Crippen molar-refractivity contribution in [2.24, 2.45) is 5.73 Å². The number of halogens is 2. The number of nitrogens with zero attached hydrogens (tertiary/aromatic N) is 2. The van der Waals surface area contributed by atoms with Crippen molar-refractivity contribution < 1.29 is 4.79 Å². The molecule has 0 atom stereocenters. The van der Waals surface area contributed by atoms with E-state index < -0.39 is 0 Å². The molecule has 6 nitrogen and oxygen atoms in total. The molecule has 0 saturated heterocycles. The first-order valence-corrected chi connectivity index (χ1v) is 9.19. The van der Waals surface area contributed by atoms with Crippen molar-refractivity contribution in [1.82, 2.24) is 9.97 Å². The van der Waals surface area contributed by atoms with E-state index >= 15 is 0 Å². The maximum Gasteiger partial charge on any atom is 0.267 e. The lowest BCUT2D eigenvalue weighted by Gasteiger charge is -2.10. The van der Waals surface area contributed by atoms with Crippen LogP contribution in [-0.4, -0.2) is 15.9 Å². The van der Waals surface area contributed by atoms with Crippen molar-refractivity contribution in [3.63, 3.8) is 0 Å². The molecule has 9 heteroatoms. The van der Waals surface area contributed by atoms with Gasteiger partial charge >= 0.3 is 0 Å². The fraction of sp³-hybridized carbons (Fsp3) is 0.0625. The van der Waals surface area contributed by atoms with Gasteiger partial charge in [-0.2, -0.15) is 0 Å². The molecular formula is C16H13BrClN5OS. The largest absolute Gasteiger partial charge is 0.326 e. The van der Waals surface area contributed by atoms with Crippen LogP contribution in [-0.2, 0) is 6.54 Å². The molecule has 1 amide bonds. The summed E-state index contributed by atoms with van der Waals surface area (Å²) in [4.78, 5) is 21.3. The molecule has 0 fully saturated rings. The number of rotatable bonds is 5. The van der Waals surface area contributed by atoms with Crippen LogP contribution >= 0.6 is 38.9 Å². The van der Waals surface area contributed by atoms with Gasteiger partial charge in [0.1, 0.15) is 10.7 Å². The number of aromatic nitrogens is 2. The number of amides is 1. The highest BCUT2D eigenvalue weighted by Gasteiger charge is 2.15. The Bertz CT molecular complexity index is 900. The molecule has 0 bridgehead atoms. The molecule has 2 heterocycles. The van der Waals surface area contributed by atoms with E-state index in [1.54, 1.807) is 18.3 Å². The SMILES string of the molecule is NCc1cccc(Cl)c1NC(=O)c1cnc(Nc2ccc(Br)cn2)s1. The normalized spacial score (nSPS) is 10.5. The van der Waals surface area contributed by atoms with Crippen molar-refractivity contribution >= 4 is 61.4 Å². The summed E-state index contributed by atoms with van der Waals surface area (Å²) in [5.41, 5.74) is 6.98. The van der Waals surface area contributed by atoms with E-state index in [0.29, 0.717) is 26.5 Å². The van der Waals surface area contributed by atoms with E-state index in [1.165, 1.54) is 17.5 Å². The molecule has 0 aliphatic carbocycles. The second-order valence-electron chi connectivity index (χ2n) is 4.95. The van der Waals surface area contributed by atoms with E-state index in [9.17, 15) is 4.79 Å². The van der Waals surface area contributed by atoms with Gasteiger partial charge in [-0.15, -0.1) is 0 Å². The molecule has 1 aromatic carbocycles. The number of benzene rings is 1. The first-order valence-electron chi connectivity index (χ1n) is 7.20. The third kappa shape index (κ3) is 4.35. The van der Waals surface area contributed by atoms with Crippen LogP contribution in [0, 0.1) is 0 Å². The molecule has 0 aliphatic heterocycles. The zero-order valence-corrected chi connectivity index (χ0v) is 16.0. The van der Waals surface area contributed by atoms with Crippen LogP contribution in [0.15, 0.2) is 47.2 Å². The lowest BCUT2D eigenvalue weighted by molar-refractivity contribution is 0.103. The van der Waals surface area contributed by atoms with Crippen molar-refractivity contribution in [2.75, 3.05) is 10.6 Å². The summed E-state index contributed by atoms with van der Waals surface area (Å²) in [5.74, 6) is 0.346. The van der Waals surface area contributed by atoms with Gasteiger partial charge in [-0.3, -0.25) is 4.79 Å². The smallest absolute Gasteiger partial charge is 0.267 e. The van der Waals surface area contributed by atoms with Crippen molar-refractivity contribution in [1.29, 1.82) is 0 Å². The summed E-state index contributed by atoms with van der Waals surface area (Å²) in [6.07, 6.45) is 3.18. The highest BCUT2D eigenvalue weighted by Crippen LogP contribution is 2.28. The quantitative estimate of drug-likeness (QED) is 0.549. The molecule has 0 unspecified atom stereocenters. The van der Waals surface area contributed by atoms with Crippen LogP contribution in [0.1, 0.15) is 15.2 Å². The number of para-hydroxylation sites is 1. The molecule has 3 rings (SSSR count). The van der Waals surface area contributed by atoms with E-state index in [0.717, 1.165) is 10.0 Å². The highest BCUT2D eigenvalue weighted by molar-refractivity contribution is 9.10. The third-order valence-corrected chi connectivity index (χ3v) is 4.95. The minimum atomic E-state index is -0.294. The Labute approximate surface area is 161 Å². The zero-order valence-electron chi connectivity index (χ0n) is 12.8. The van der Waals surface area contributed by atoms with Crippen LogP contribution in [0.4, 0.5) is 16.6 Å². The predicted molar refractivity (Wildman–Crippen MR) is 105 cm³/mol. The number of hydrogen-bond acceptors (Lipinski definition) is 6. The van der Waals surface area contributed by atoms with Gasteiger partial charge in [0, 0.05) is 17.2 Å². The minimum absolute atomic E-state index is 0.279. The minimum Gasteiger partial charge on any atom is -0.326 e. The molecule has 25 heavy (non-hydrogen) atoms. The van der Waals surface area contributed by atoms with Crippen LogP contribution in [0.25, 0.3) is 0 Å². The van der Waals surface area contributed by atoms with Crippen LogP contribution in [0.2, 0.25) is 5.02 Å². The Balaban J connectivity index is 1.74. The summed E-state index contributed by atoms with van der Waals surface area (Å²) in [6.45, 7) is 0.279. The van der Waals surface area contributed by atoms with Gasteiger partial charge in [-0.1, -0.05) is 35.1 Å². The number of hydrogen-bond donors (Lipinski definition) is 3. The standard InChI is InChI=1S/C16H13BrClN5OS/c17-10-4-5-13(20-7-10)22-16-21-8-12(25-16)15(24)23-14-9(6-19)2-1-3-11(14)18/h1-5,7-8H,6,19H2,(H,23,24)(H,20,21,22).